The van der Waals surface area contributed by atoms with Crippen LogP contribution in [0.1, 0.15) is 20.8 Å². The minimum absolute atomic E-state index is 0.257. The molecule has 0 aromatic heterocycles. The molecule has 0 heterocycles. The van der Waals surface area contributed by atoms with Crippen molar-refractivity contribution in [3.8, 4) is 5.75 Å². The molecule has 2 aromatic rings. The summed E-state index contributed by atoms with van der Waals surface area (Å²) in [6.07, 6.45) is -0.302. The Morgan fingerprint density at radius 3 is 2.25 bits per heavy atom. The van der Waals surface area contributed by atoms with Crippen LogP contribution in [0.3, 0.4) is 0 Å². The van der Waals surface area contributed by atoms with Crippen molar-refractivity contribution in [1.29, 1.82) is 0 Å². The Morgan fingerprint density at radius 1 is 1.04 bits per heavy atom. The van der Waals surface area contributed by atoms with E-state index in [4.69, 9.17) is 44.1 Å². The lowest BCUT2D eigenvalue weighted by atomic mass is 10.3. The third-order valence-corrected chi connectivity index (χ3v) is 8.15. The van der Waals surface area contributed by atoms with E-state index in [1.165, 1.54) is 12.1 Å². The molecule has 0 radical (unpaired) electrons. The summed E-state index contributed by atoms with van der Waals surface area (Å²) in [6.45, 7) is 1.31. The highest BCUT2D eigenvalue weighted by Gasteiger charge is 2.33. The molecule has 152 valence electrons. The van der Waals surface area contributed by atoms with Gasteiger partial charge in [0.15, 0.2) is 0 Å². The smallest absolute Gasteiger partial charge is 0.379 e. The number of carbonyl (C=O) groups is 1. The van der Waals surface area contributed by atoms with E-state index in [9.17, 15) is 9.36 Å². The van der Waals surface area contributed by atoms with Crippen LogP contribution in [0.5, 0.6) is 5.75 Å². The van der Waals surface area contributed by atoms with E-state index in [2.05, 4.69) is 5.09 Å². The monoisotopic (exact) mass is 481 g/mol. The number of halogens is 3. The molecule has 0 saturated heterocycles. The van der Waals surface area contributed by atoms with Gasteiger partial charge in [-0.2, -0.15) is 0 Å². The Kier molecular flexibility index (Phi) is 8.56. The van der Waals surface area contributed by atoms with E-state index in [1.54, 1.807) is 51.1 Å². The first-order valence-electron chi connectivity index (χ1n) is 8.27. The zero-order chi connectivity index (χ0) is 20.9. The SMILES string of the molecule is CC(C)OC(=O)C(C)NP(=O)(Oc1ccccc1)Sc1cc(Cl)c(Cl)cc1Cl. The molecule has 0 aliphatic heterocycles. The molecule has 2 rings (SSSR count). The maximum atomic E-state index is 13.6. The third kappa shape index (κ3) is 6.87. The number of esters is 1. The second-order valence-corrected chi connectivity index (χ2v) is 11.3. The average molecular weight is 483 g/mol. The quantitative estimate of drug-likeness (QED) is 0.252. The van der Waals surface area contributed by atoms with E-state index < -0.39 is 18.7 Å². The zero-order valence-electron chi connectivity index (χ0n) is 15.3. The van der Waals surface area contributed by atoms with Gasteiger partial charge in [-0.15, -0.1) is 0 Å². The van der Waals surface area contributed by atoms with Crippen molar-refractivity contribution < 1.29 is 18.6 Å². The molecule has 0 bridgehead atoms. The molecular weight excluding hydrogens is 464 g/mol. The van der Waals surface area contributed by atoms with Gasteiger partial charge in [-0.1, -0.05) is 53.0 Å². The highest BCUT2D eigenvalue weighted by Crippen LogP contribution is 2.61. The molecule has 0 saturated carbocycles. The predicted octanol–water partition coefficient (Wildman–Crippen LogP) is 6.86. The van der Waals surface area contributed by atoms with E-state index in [0.717, 1.165) is 11.4 Å². The Morgan fingerprint density at radius 2 is 1.64 bits per heavy atom. The van der Waals surface area contributed by atoms with Crippen LogP contribution in [0.25, 0.3) is 0 Å². The van der Waals surface area contributed by atoms with Crippen molar-refractivity contribution in [1.82, 2.24) is 5.09 Å². The Hall–Kier alpha value is -0.880. The molecular formula is C18H19Cl3NO4PS. The van der Waals surface area contributed by atoms with Gasteiger partial charge in [0.25, 0.3) is 0 Å². The van der Waals surface area contributed by atoms with Crippen LogP contribution in [-0.2, 0) is 14.1 Å². The highest BCUT2D eigenvalue weighted by atomic mass is 35.5. The molecule has 2 unspecified atom stereocenters. The van der Waals surface area contributed by atoms with Crippen LogP contribution in [0.2, 0.25) is 15.1 Å². The van der Waals surface area contributed by atoms with Crippen molar-refractivity contribution in [2.45, 2.75) is 37.8 Å². The van der Waals surface area contributed by atoms with Crippen molar-refractivity contribution in [2.24, 2.45) is 0 Å². The Labute approximate surface area is 183 Å². The Bertz CT molecular complexity index is 883. The second-order valence-electron chi connectivity index (χ2n) is 6.03. The minimum atomic E-state index is -3.70. The summed E-state index contributed by atoms with van der Waals surface area (Å²) in [7, 11) is 0. The van der Waals surface area contributed by atoms with Gasteiger partial charge in [0.1, 0.15) is 11.8 Å². The van der Waals surface area contributed by atoms with E-state index >= 15 is 0 Å². The fourth-order valence-electron chi connectivity index (χ4n) is 2.02. The second kappa shape index (κ2) is 10.2. The van der Waals surface area contributed by atoms with Crippen molar-refractivity contribution >= 4 is 58.9 Å². The molecule has 0 aliphatic carbocycles. The lowest BCUT2D eigenvalue weighted by molar-refractivity contribution is -0.148. The maximum absolute atomic E-state index is 13.6. The Balaban J connectivity index is 2.32. The highest BCUT2D eigenvalue weighted by molar-refractivity contribution is 8.56. The van der Waals surface area contributed by atoms with Crippen LogP contribution >= 0.6 is 52.9 Å². The van der Waals surface area contributed by atoms with Gasteiger partial charge in [0.2, 0.25) is 0 Å². The van der Waals surface area contributed by atoms with Crippen LogP contribution in [0.15, 0.2) is 47.4 Å². The third-order valence-electron chi connectivity index (χ3n) is 3.22. The van der Waals surface area contributed by atoms with Gasteiger partial charge in [0, 0.05) is 4.90 Å². The first kappa shape index (κ1) is 23.4. The van der Waals surface area contributed by atoms with Crippen LogP contribution in [0, 0.1) is 0 Å². The number of nitrogens with one attached hydrogen (secondary N) is 1. The summed E-state index contributed by atoms with van der Waals surface area (Å²) in [5, 5.41) is 3.53. The number of carbonyl (C=O) groups excluding carboxylic acids is 1. The van der Waals surface area contributed by atoms with Gasteiger partial charge in [-0.05, 0) is 56.4 Å². The summed E-state index contributed by atoms with van der Waals surface area (Å²) >= 11 is 19.1. The molecule has 2 aromatic carbocycles. The fourth-order valence-corrected chi connectivity index (χ4v) is 6.84. The first-order chi connectivity index (χ1) is 13.1. The molecule has 28 heavy (non-hydrogen) atoms. The van der Waals surface area contributed by atoms with E-state index in [1.807, 2.05) is 0 Å². The van der Waals surface area contributed by atoms with Crippen molar-refractivity contribution in [3.05, 3.63) is 57.5 Å². The lowest BCUT2D eigenvalue weighted by Crippen LogP contribution is -2.35. The number of benzene rings is 2. The molecule has 10 heteroatoms. The average Bonchev–Trinajstić information content (AvgIpc) is 2.59. The van der Waals surface area contributed by atoms with Gasteiger partial charge >= 0.3 is 12.7 Å². The number of ether oxygens (including phenoxy) is 1. The number of hydrogen-bond donors (Lipinski definition) is 1. The molecule has 2 atom stereocenters. The minimum Gasteiger partial charge on any atom is -0.462 e. The van der Waals surface area contributed by atoms with Crippen LogP contribution in [0.4, 0.5) is 0 Å². The summed E-state index contributed by atoms with van der Waals surface area (Å²) in [5.74, 6) is -0.181. The normalized spacial score (nSPS) is 14.4. The van der Waals surface area contributed by atoms with Gasteiger partial charge in [0.05, 0.1) is 21.2 Å². The summed E-state index contributed by atoms with van der Waals surface area (Å²) in [6, 6.07) is 10.7. The largest absolute Gasteiger partial charge is 0.462 e. The molecule has 0 spiro atoms. The molecule has 1 N–H and O–H groups in total. The summed E-state index contributed by atoms with van der Waals surface area (Å²) in [5.41, 5.74) is 0. The zero-order valence-corrected chi connectivity index (χ0v) is 19.3. The van der Waals surface area contributed by atoms with Crippen LogP contribution < -0.4 is 9.61 Å². The molecule has 0 fully saturated rings. The molecule has 0 amide bonds. The van der Waals surface area contributed by atoms with Gasteiger partial charge in [-0.3, -0.25) is 4.79 Å². The molecule has 0 aliphatic rings. The fraction of sp³-hybridized carbons (Fsp3) is 0.278. The standard InChI is InChI=1S/C18H19Cl3NO4PS/c1-11(2)25-18(23)12(3)22-27(24,26-13-7-5-4-6-8-13)28-17-10-15(20)14(19)9-16(17)21/h4-12H,1-3H3,(H,22,24). The maximum Gasteiger partial charge on any atom is 0.379 e. The van der Waals surface area contributed by atoms with Crippen LogP contribution in [-0.4, -0.2) is 18.1 Å². The summed E-state index contributed by atoms with van der Waals surface area (Å²) < 4.78 is 24.5. The van der Waals surface area contributed by atoms with Crippen molar-refractivity contribution in [3.63, 3.8) is 0 Å². The summed E-state index contributed by atoms with van der Waals surface area (Å²) in [4.78, 5) is 12.6. The number of para-hydroxylation sites is 1. The number of rotatable bonds is 8. The topological polar surface area (TPSA) is 64.6 Å². The predicted molar refractivity (Wildman–Crippen MR) is 116 cm³/mol. The number of hydrogen-bond acceptors (Lipinski definition) is 5. The first-order valence-corrected chi connectivity index (χ1v) is 12.4. The van der Waals surface area contributed by atoms with E-state index in [0.29, 0.717) is 10.6 Å². The lowest BCUT2D eigenvalue weighted by Gasteiger charge is -2.23. The van der Waals surface area contributed by atoms with Gasteiger partial charge < -0.3 is 9.26 Å². The van der Waals surface area contributed by atoms with Gasteiger partial charge in [-0.25, -0.2) is 9.65 Å². The van der Waals surface area contributed by atoms with E-state index in [-0.39, 0.29) is 21.2 Å². The van der Waals surface area contributed by atoms with Crippen molar-refractivity contribution in [2.75, 3.05) is 0 Å². The molecule has 5 nitrogen and oxygen atoms in total.